The summed E-state index contributed by atoms with van der Waals surface area (Å²) < 4.78 is 0. The third-order valence-electron chi connectivity index (χ3n) is 6.75. The first kappa shape index (κ1) is 20.5. The van der Waals surface area contributed by atoms with Crippen LogP contribution in [0, 0.1) is 6.92 Å². The summed E-state index contributed by atoms with van der Waals surface area (Å²) in [7, 11) is 0. The normalized spacial score (nSPS) is 23.8. The van der Waals surface area contributed by atoms with E-state index in [-0.39, 0.29) is 12.1 Å². The largest absolute Gasteiger partial charge is 0.345 e. The molecule has 0 unspecified atom stereocenters. The van der Waals surface area contributed by atoms with Crippen molar-refractivity contribution in [1.29, 1.82) is 0 Å². The quantitative estimate of drug-likeness (QED) is 0.743. The molecule has 1 aromatic carbocycles. The van der Waals surface area contributed by atoms with Gasteiger partial charge < -0.3 is 15.2 Å². The Morgan fingerprint density at radius 3 is 2.76 bits per heavy atom. The molecule has 1 fully saturated rings. The molecule has 0 saturated carbocycles. The summed E-state index contributed by atoms with van der Waals surface area (Å²) in [5, 5.41) is 5.43. The fourth-order valence-corrected chi connectivity index (χ4v) is 5.76. The fourth-order valence-electron chi connectivity index (χ4n) is 5.49. The molecule has 1 saturated heterocycles. The van der Waals surface area contributed by atoms with Gasteiger partial charge >= 0.3 is 6.03 Å². The number of likely N-dealkylation sites (tertiary alicyclic amines) is 1. The first-order chi connectivity index (χ1) is 14.0. The monoisotopic (exact) mass is 416 g/mol. The maximum Gasteiger partial charge on any atom is 0.317 e. The van der Waals surface area contributed by atoms with Crippen molar-refractivity contribution >= 4 is 28.5 Å². The van der Waals surface area contributed by atoms with Crippen LogP contribution in [0.25, 0.3) is 10.9 Å². The molecule has 3 atom stereocenters. The Bertz CT molecular complexity index is 904. The molecule has 5 nitrogen and oxygen atoms in total. The van der Waals surface area contributed by atoms with Gasteiger partial charge in [0.05, 0.1) is 0 Å². The van der Waals surface area contributed by atoms with Crippen molar-refractivity contribution in [3.8, 4) is 0 Å². The van der Waals surface area contributed by atoms with E-state index in [0.717, 1.165) is 56.1 Å². The lowest BCUT2D eigenvalue weighted by Crippen LogP contribution is -2.57. The van der Waals surface area contributed by atoms with E-state index in [0.29, 0.717) is 12.0 Å². The molecule has 1 aliphatic carbocycles. The number of carbonyl (C=O) groups excluding carboxylic acids is 1. The summed E-state index contributed by atoms with van der Waals surface area (Å²) in [4.78, 5) is 20.6. The van der Waals surface area contributed by atoms with Crippen molar-refractivity contribution in [3.63, 3.8) is 0 Å². The molecule has 1 aromatic heterocycles. The molecule has 2 aliphatic rings. The molecular weight excluding hydrogens is 384 g/mol. The lowest BCUT2D eigenvalue weighted by molar-refractivity contribution is 0.0980. The fraction of sp³-hybridized carbons (Fsp3) is 0.609. The number of hydrogen-bond acceptors (Lipinski definition) is 2. The van der Waals surface area contributed by atoms with Crippen LogP contribution in [0.15, 0.2) is 12.1 Å². The van der Waals surface area contributed by atoms with E-state index in [4.69, 9.17) is 11.6 Å². The number of nitrogens with zero attached hydrogens (tertiary/aromatic N) is 2. The number of nitrogens with one attached hydrogen (secondary N) is 2. The molecule has 1 aliphatic heterocycles. The SMILES string of the molecule is CCCN1C[C@@H](NC(=O)N(CC)CC)C[C@@H]2c3cc(C)cc4[nH]c(Cl)c(c34)C[C@H]21. The number of fused-ring (bicyclic) bond motifs is 2. The van der Waals surface area contributed by atoms with E-state index in [1.807, 2.05) is 18.7 Å². The van der Waals surface area contributed by atoms with Crippen LogP contribution in [0.1, 0.15) is 56.2 Å². The standard InChI is InChI=1S/C23H33ClN4O/c1-5-8-28-13-15(25-23(29)27(6-2)7-3)11-16-17-9-14(4)10-19-21(17)18(12-20(16)28)22(24)26-19/h9-10,15-16,20,26H,5-8,11-13H2,1-4H3,(H,25,29)/t15-,16+,20+/m0/s1. The Balaban J connectivity index is 1.69. The van der Waals surface area contributed by atoms with Gasteiger partial charge in [0, 0.05) is 48.5 Å². The second-order valence-electron chi connectivity index (χ2n) is 8.62. The number of H-pyrrole nitrogens is 1. The van der Waals surface area contributed by atoms with E-state index in [1.54, 1.807) is 0 Å². The number of piperidine rings is 1. The van der Waals surface area contributed by atoms with Gasteiger partial charge in [-0.15, -0.1) is 0 Å². The summed E-state index contributed by atoms with van der Waals surface area (Å²) in [5.41, 5.74) is 5.07. The minimum absolute atomic E-state index is 0.0606. The van der Waals surface area contributed by atoms with Crippen LogP contribution in [0.5, 0.6) is 0 Å². The van der Waals surface area contributed by atoms with Crippen LogP contribution in [-0.4, -0.2) is 59.1 Å². The van der Waals surface area contributed by atoms with Crippen LogP contribution >= 0.6 is 11.6 Å². The number of rotatable bonds is 5. The van der Waals surface area contributed by atoms with Gasteiger partial charge in [0.25, 0.3) is 0 Å². The average molecular weight is 417 g/mol. The molecule has 0 bridgehead atoms. The maximum atomic E-state index is 12.7. The van der Waals surface area contributed by atoms with Crippen LogP contribution in [0.4, 0.5) is 4.79 Å². The van der Waals surface area contributed by atoms with Crippen LogP contribution < -0.4 is 5.32 Å². The van der Waals surface area contributed by atoms with Gasteiger partial charge in [-0.25, -0.2) is 4.79 Å². The number of carbonyl (C=O) groups is 1. The highest BCUT2D eigenvalue weighted by Crippen LogP contribution is 2.46. The Labute approximate surface area is 178 Å². The third kappa shape index (κ3) is 3.64. The minimum Gasteiger partial charge on any atom is -0.345 e. The van der Waals surface area contributed by atoms with Gasteiger partial charge in [-0.2, -0.15) is 0 Å². The first-order valence-electron chi connectivity index (χ1n) is 11.1. The summed E-state index contributed by atoms with van der Waals surface area (Å²) in [6, 6.07) is 5.21. The van der Waals surface area contributed by atoms with Gasteiger partial charge in [0.15, 0.2) is 0 Å². The highest BCUT2D eigenvalue weighted by atomic mass is 35.5. The first-order valence-corrected chi connectivity index (χ1v) is 11.4. The molecule has 6 heteroatoms. The minimum atomic E-state index is 0.0606. The number of halogens is 1. The Morgan fingerprint density at radius 1 is 1.31 bits per heavy atom. The Morgan fingerprint density at radius 2 is 2.07 bits per heavy atom. The van der Waals surface area contributed by atoms with E-state index in [2.05, 4.69) is 41.2 Å². The zero-order chi connectivity index (χ0) is 20.7. The molecule has 29 heavy (non-hydrogen) atoms. The molecule has 158 valence electrons. The highest BCUT2D eigenvalue weighted by Gasteiger charge is 2.42. The van der Waals surface area contributed by atoms with Crippen molar-refractivity contribution in [3.05, 3.63) is 34.0 Å². The molecular formula is C23H33ClN4O. The van der Waals surface area contributed by atoms with Crippen molar-refractivity contribution in [2.24, 2.45) is 0 Å². The lowest BCUT2D eigenvalue weighted by Gasteiger charge is -2.47. The van der Waals surface area contributed by atoms with Crippen molar-refractivity contribution in [2.75, 3.05) is 26.2 Å². The van der Waals surface area contributed by atoms with Crippen molar-refractivity contribution in [2.45, 2.75) is 65.0 Å². The zero-order valence-electron chi connectivity index (χ0n) is 18.0. The molecule has 2 aromatic rings. The molecule has 0 spiro atoms. The van der Waals surface area contributed by atoms with Crippen molar-refractivity contribution in [1.82, 2.24) is 20.1 Å². The summed E-state index contributed by atoms with van der Waals surface area (Å²) >= 11 is 6.61. The number of amides is 2. The molecule has 0 radical (unpaired) electrons. The summed E-state index contributed by atoms with van der Waals surface area (Å²) in [6.45, 7) is 11.9. The van der Waals surface area contributed by atoms with Crippen LogP contribution in [0.3, 0.4) is 0 Å². The predicted molar refractivity (Wildman–Crippen MR) is 120 cm³/mol. The van der Waals surface area contributed by atoms with Crippen LogP contribution in [-0.2, 0) is 6.42 Å². The highest BCUT2D eigenvalue weighted by molar-refractivity contribution is 6.32. The summed E-state index contributed by atoms with van der Waals surface area (Å²) in [6.07, 6.45) is 3.08. The van der Waals surface area contributed by atoms with Gasteiger partial charge in [-0.05, 0) is 69.3 Å². The second kappa shape index (κ2) is 8.19. The van der Waals surface area contributed by atoms with Gasteiger partial charge in [-0.3, -0.25) is 4.90 Å². The number of aromatic nitrogens is 1. The number of hydrogen-bond donors (Lipinski definition) is 2. The third-order valence-corrected chi connectivity index (χ3v) is 7.08. The number of urea groups is 1. The van der Waals surface area contributed by atoms with Gasteiger partial charge in [-0.1, -0.05) is 24.6 Å². The zero-order valence-corrected chi connectivity index (χ0v) is 18.8. The Hall–Kier alpha value is -1.72. The maximum absolute atomic E-state index is 12.7. The molecule has 4 rings (SSSR count). The van der Waals surface area contributed by atoms with E-state index >= 15 is 0 Å². The smallest absolute Gasteiger partial charge is 0.317 e. The number of aryl methyl sites for hydroxylation is 1. The molecule has 2 heterocycles. The van der Waals surface area contributed by atoms with E-state index < -0.39 is 0 Å². The Kier molecular flexibility index (Phi) is 5.80. The van der Waals surface area contributed by atoms with Gasteiger partial charge in [0.2, 0.25) is 0 Å². The van der Waals surface area contributed by atoms with Crippen LogP contribution in [0.2, 0.25) is 5.15 Å². The summed E-state index contributed by atoms with van der Waals surface area (Å²) in [5.74, 6) is 0.416. The van der Waals surface area contributed by atoms with Gasteiger partial charge in [0.1, 0.15) is 5.15 Å². The number of benzene rings is 1. The number of aromatic amines is 1. The van der Waals surface area contributed by atoms with E-state index in [1.165, 1.54) is 22.1 Å². The van der Waals surface area contributed by atoms with Crippen molar-refractivity contribution < 1.29 is 4.79 Å². The predicted octanol–water partition coefficient (Wildman–Crippen LogP) is 4.67. The lowest BCUT2D eigenvalue weighted by atomic mass is 9.73. The second-order valence-corrected chi connectivity index (χ2v) is 9.00. The molecule has 2 amide bonds. The topological polar surface area (TPSA) is 51.4 Å². The van der Waals surface area contributed by atoms with E-state index in [9.17, 15) is 4.79 Å². The molecule has 2 N–H and O–H groups in total. The average Bonchev–Trinajstić information content (AvgIpc) is 2.99.